The van der Waals surface area contributed by atoms with E-state index in [1.807, 2.05) is 11.6 Å². The first-order valence-corrected chi connectivity index (χ1v) is 9.01. The predicted molar refractivity (Wildman–Crippen MR) is 81.1 cm³/mol. The molecule has 0 spiro atoms. The van der Waals surface area contributed by atoms with Crippen molar-refractivity contribution >= 4 is 29.0 Å². The molecule has 0 radical (unpaired) electrons. The van der Waals surface area contributed by atoms with Crippen LogP contribution in [0.25, 0.3) is 0 Å². The minimum absolute atomic E-state index is 0.243. The zero-order valence-electron chi connectivity index (χ0n) is 11.2. The Labute approximate surface area is 122 Å². The molecule has 3 heterocycles. The van der Waals surface area contributed by atoms with Gasteiger partial charge in [0.1, 0.15) is 4.88 Å². The third kappa shape index (κ3) is 2.69. The number of nitrogens with zero attached hydrogens (tertiary/aromatic N) is 1. The molecule has 3 nitrogen and oxygen atoms in total. The quantitative estimate of drug-likeness (QED) is 0.851. The van der Waals surface area contributed by atoms with E-state index >= 15 is 0 Å². The fraction of sp³-hybridized carbons (Fsp3) is 0.643. The lowest BCUT2D eigenvalue weighted by Gasteiger charge is -2.20. The van der Waals surface area contributed by atoms with E-state index in [4.69, 9.17) is 0 Å². The van der Waals surface area contributed by atoms with Crippen LogP contribution in [0.4, 0.5) is 0 Å². The molecular weight excluding hydrogens is 276 g/mol. The molecule has 2 aliphatic rings. The topological polar surface area (TPSA) is 32.3 Å². The summed E-state index contributed by atoms with van der Waals surface area (Å²) in [5, 5.41) is 5.50. The Morgan fingerprint density at radius 3 is 2.68 bits per heavy atom. The molecule has 0 unspecified atom stereocenters. The van der Waals surface area contributed by atoms with Gasteiger partial charge in [0.05, 0.1) is 0 Å². The van der Waals surface area contributed by atoms with Crippen LogP contribution < -0.4 is 5.32 Å². The van der Waals surface area contributed by atoms with E-state index in [0.717, 1.165) is 60.6 Å². The molecule has 1 N–H and O–H groups in total. The van der Waals surface area contributed by atoms with Crippen molar-refractivity contribution in [3.05, 3.63) is 16.3 Å². The highest BCUT2D eigenvalue weighted by Gasteiger charge is 2.32. The van der Waals surface area contributed by atoms with Gasteiger partial charge in [-0.05, 0) is 55.5 Å². The van der Waals surface area contributed by atoms with Gasteiger partial charge < -0.3 is 10.2 Å². The first-order chi connectivity index (χ1) is 9.29. The summed E-state index contributed by atoms with van der Waals surface area (Å²) in [5.74, 6) is 1.80. The van der Waals surface area contributed by atoms with Crippen LogP contribution in [0, 0.1) is 11.8 Å². The number of carbonyl (C=O) groups excluding carboxylic acids is 1. The molecule has 1 aromatic rings. The monoisotopic (exact) mass is 296 g/mol. The number of amides is 1. The summed E-state index contributed by atoms with van der Waals surface area (Å²) < 4.78 is 0. The highest BCUT2D eigenvalue weighted by atomic mass is 32.2. The molecule has 2 saturated heterocycles. The molecule has 2 aliphatic heterocycles. The highest BCUT2D eigenvalue weighted by Crippen LogP contribution is 2.30. The Bertz CT molecular complexity index is 446. The predicted octanol–water partition coefficient (Wildman–Crippen LogP) is 2.54. The van der Waals surface area contributed by atoms with Crippen molar-refractivity contribution in [3.8, 4) is 0 Å². The zero-order chi connectivity index (χ0) is 13.2. The van der Waals surface area contributed by atoms with Gasteiger partial charge in [-0.2, -0.15) is 0 Å². The van der Waals surface area contributed by atoms with Crippen LogP contribution in [0.15, 0.2) is 16.3 Å². The molecule has 5 heteroatoms. The van der Waals surface area contributed by atoms with E-state index in [9.17, 15) is 4.79 Å². The summed E-state index contributed by atoms with van der Waals surface area (Å²) in [6, 6.07) is 2.05. The van der Waals surface area contributed by atoms with E-state index < -0.39 is 0 Å². The largest absolute Gasteiger partial charge is 0.338 e. The van der Waals surface area contributed by atoms with Crippen molar-refractivity contribution in [2.45, 2.75) is 17.7 Å². The first kappa shape index (κ1) is 13.5. The molecule has 0 saturated carbocycles. The lowest BCUT2D eigenvalue weighted by atomic mass is 9.92. The van der Waals surface area contributed by atoms with Crippen molar-refractivity contribution in [3.63, 3.8) is 0 Å². The molecule has 0 aromatic carbocycles. The van der Waals surface area contributed by atoms with Crippen LogP contribution in [-0.4, -0.2) is 43.2 Å². The van der Waals surface area contributed by atoms with Gasteiger partial charge in [-0.1, -0.05) is 0 Å². The number of hydrogen-bond acceptors (Lipinski definition) is 4. The number of thioether (sulfide) groups is 1. The summed E-state index contributed by atoms with van der Waals surface area (Å²) in [5.41, 5.74) is 0. The fourth-order valence-corrected chi connectivity index (χ4v) is 4.89. The minimum atomic E-state index is 0.243. The smallest absolute Gasteiger partial charge is 0.265 e. The van der Waals surface area contributed by atoms with Gasteiger partial charge in [0, 0.05) is 18.0 Å². The normalized spacial score (nSPS) is 27.1. The summed E-state index contributed by atoms with van der Waals surface area (Å²) in [6.45, 7) is 4.13. The number of carbonyl (C=O) groups is 1. The second kappa shape index (κ2) is 5.85. The molecule has 3 rings (SSSR count). The summed E-state index contributed by atoms with van der Waals surface area (Å²) in [4.78, 5) is 16.7. The van der Waals surface area contributed by atoms with Crippen LogP contribution in [0.1, 0.15) is 22.5 Å². The number of hydrogen-bond donors (Lipinski definition) is 1. The number of thiophene rings is 1. The molecule has 1 amide bonds. The maximum absolute atomic E-state index is 12.6. The lowest BCUT2D eigenvalue weighted by molar-refractivity contribution is 0.0760. The number of likely N-dealkylation sites (tertiary alicyclic amines) is 1. The molecule has 104 valence electrons. The van der Waals surface area contributed by atoms with Crippen LogP contribution in [0.5, 0.6) is 0 Å². The van der Waals surface area contributed by atoms with Crippen molar-refractivity contribution in [2.24, 2.45) is 11.8 Å². The Hall–Kier alpha value is -0.520. The van der Waals surface area contributed by atoms with Gasteiger partial charge in [-0.15, -0.1) is 23.1 Å². The molecule has 1 aromatic heterocycles. The maximum Gasteiger partial charge on any atom is 0.265 e. The third-order valence-electron chi connectivity index (χ3n) is 4.35. The highest BCUT2D eigenvalue weighted by molar-refractivity contribution is 7.98. The van der Waals surface area contributed by atoms with E-state index in [0.29, 0.717) is 0 Å². The van der Waals surface area contributed by atoms with Crippen molar-refractivity contribution < 1.29 is 4.79 Å². The Morgan fingerprint density at radius 2 is 2.05 bits per heavy atom. The standard InChI is InChI=1S/C14H20N2OS2/c1-18-12-4-7-19-13(12)14(17)16-5-2-10-8-15-9-11(10)3-6-16/h4,7,10-11,15H,2-3,5-6,8-9H2,1H3/t10-,11+. The van der Waals surface area contributed by atoms with Crippen LogP contribution in [-0.2, 0) is 0 Å². The van der Waals surface area contributed by atoms with Crippen molar-refractivity contribution in [1.29, 1.82) is 0 Å². The lowest BCUT2D eigenvalue weighted by Crippen LogP contribution is -2.32. The Kier molecular flexibility index (Phi) is 4.15. The van der Waals surface area contributed by atoms with Gasteiger partial charge in [0.15, 0.2) is 0 Å². The Balaban J connectivity index is 1.70. The number of rotatable bonds is 2. The third-order valence-corrected chi connectivity index (χ3v) is 6.16. The minimum Gasteiger partial charge on any atom is -0.338 e. The van der Waals surface area contributed by atoms with Crippen LogP contribution >= 0.6 is 23.1 Å². The summed E-state index contributed by atoms with van der Waals surface area (Å²) in [6.07, 6.45) is 4.35. The summed E-state index contributed by atoms with van der Waals surface area (Å²) in [7, 11) is 0. The first-order valence-electron chi connectivity index (χ1n) is 6.91. The molecule has 2 fully saturated rings. The number of nitrogens with one attached hydrogen (secondary N) is 1. The van der Waals surface area contributed by atoms with Gasteiger partial charge in [0.25, 0.3) is 5.91 Å². The van der Waals surface area contributed by atoms with Gasteiger partial charge in [0.2, 0.25) is 0 Å². The molecule has 0 aliphatic carbocycles. The van der Waals surface area contributed by atoms with E-state index in [1.165, 1.54) is 0 Å². The second-order valence-corrected chi connectivity index (χ2v) is 7.13. The van der Waals surface area contributed by atoms with Crippen molar-refractivity contribution in [1.82, 2.24) is 10.2 Å². The molecular formula is C14H20N2OS2. The van der Waals surface area contributed by atoms with E-state index in [2.05, 4.69) is 16.3 Å². The SMILES string of the molecule is CSc1ccsc1C(=O)N1CC[C@@H]2CNC[C@@H]2CC1. The average molecular weight is 296 g/mol. The van der Waals surface area contributed by atoms with E-state index in [-0.39, 0.29) is 5.91 Å². The second-order valence-electron chi connectivity index (χ2n) is 5.37. The van der Waals surface area contributed by atoms with E-state index in [1.54, 1.807) is 23.1 Å². The van der Waals surface area contributed by atoms with Crippen LogP contribution in [0.3, 0.4) is 0 Å². The molecule has 19 heavy (non-hydrogen) atoms. The zero-order valence-corrected chi connectivity index (χ0v) is 12.9. The van der Waals surface area contributed by atoms with Crippen LogP contribution in [0.2, 0.25) is 0 Å². The fourth-order valence-electron chi connectivity index (χ4n) is 3.18. The number of fused-ring (bicyclic) bond motifs is 1. The molecule has 0 bridgehead atoms. The van der Waals surface area contributed by atoms with Gasteiger partial charge >= 0.3 is 0 Å². The molecule has 2 atom stereocenters. The average Bonchev–Trinajstić information content (AvgIpc) is 3.03. The van der Waals surface area contributed by atoms with Gasteiger partial charge in [-0.25, -0.2) is 0 Å². The van der Waals surface area contributed by atoms with Crippen molar-refractivity contribution in [2.75, 3.05) is 32.4 Å². The van der Waals surface area contributed by atoms with Gasteiger partial charge in [-0.3, -0.25) is 4.79 Å². The Morgan fingerprint density at radius 1 is 1.37 bits per heavy atom. The maximum atomic E-state index is 12.6. The summed E-state index contributed by atoms with van der Waals surface area (Å²) >= 11 is 3.25.